The highest BCUT2D eigenvalue weighted by Gasteiger charge is 2.31. The Hall–Kier alpha value is -2.90. The fourth-order valence-corrected chi connectivity index (χ4v) is 2.48. The maximum atomic E-state index is 14.4. The average Bonchev–Trinajstić information content (AvgIpc) is 2.60. The number of halogens is 7. The van der Waals surface area contributed by atoms with Gasteiger partial charge in [-0.25, -0.2) is 4.39 Å². The molecule has 3 rings (SSSR count). The molecule has 3 aromatic rings. The van der Waals surface area contributed by atoms with E-state index in [9.17, 15) is 30.7 Å². The van der Waals surface area contributed by atoms with Crippen LogP contribution in [0, 0.1) is 5.82 Å². The lowest BCUT2D eigenvalue weighted by Crippen LogP contribution is -2.04. The number of aromatic nitrogens is 1. The highest BCUT2D eigenvalue weighted by atomic mass is 19.4. The molecule has 0 aliphatic carbocycles. The van der Waals surface area contributed by atoms with Crippen LogP contribution >= 0.6 is 0 Å². The molecule has 0 fully saturated rings. The van der Waals surface area contributed by atoms with Crippen LogP contribution < -0.4 is 0 Å². The molecule has 0 aliphatic rings. The molecule has 2 aromatic carbocycles. The normalized spacial score (nSPS) is 12.3. The van der Waals surface area contributed by atoms with E-state index in [0.29, 0.717) is 5.56 Å². The van der Waals surface area contributed by atoms with Gasteiger partial charge in [-0.15, -0.1) is 0 Å². The van der Waals surface area contributed by atoms with Gasteiger partial charge in [0.25, 0.3) is 0 Å². The van der Waals surface area contributed by atoms with Gasteiger partial charge in [-0.1, -0.05) is 24.3 Å². The summed E-state index contributed by atoms with van der Waals surface area (Å²) in [7, 11) is 0. The van der Waals surface area contributed by atoms with Crippen LogP contribution in [0.15, 0.2) is 60.8 Å². The summed E-state index contributed by atoms with van der Waals surface area (Å²) in [5.41, 5.74) is -1.13. The molecule has 1 aromatic heterocycles. The fraction of sp³-hybridized carbons (Fsp3) is 0.105. The molecule has 0 unspecified atom stereocenters. The monoisotopic (exact) mass is 385 g/mol. The van der Waals surface area contributed by atoms with E-state index in [-0.39, 0.29) is 16.8 Å². The Morgan fingerprint density at radius 2 is 1.04 bits per heavy atom. The van der Waals surface area contributed by atoms with E-state index >= 15 is 0 Å². The third-order valence-corrected chi connectivity index (χ3v) is 3.87. The van der Waals surface area contributed by atoms with Gasteiger partial charge >= 0.3 is 12.4 Å². The average molecular weight is 385 g/mol. The molecule has 0 radical (unpaired) electrons. The first-order chi connectivity index (χ1) is 12.6. The van der Waals surface area contributed by atoms with E-state index in [1.54, 1.807) is 0 Å². The number of pyridine rings is 1. The largest absolute Gasteiger partial charge is 0.416 e. The zero-order chi connectivity index (χ0) is 19.8. The van der Waals surface area contributed by atoms with Crippen LogP contribution in [-0.4, -0.2) is 4.98 Å². The minimum Gasteiger partial charge on any atom is -0.253 e. The van der Waals surface area contributed by atoms with Crippen molar-refractivity contribution in [2.24, 2.45) is 0 Å². The minimum absolute atomic E-state index is 0.152. The number of nitrogens with zero attached hydrogens (tertiary/aromatic N) is 1. The molecule has 1 nitrogen and oxygen atoms in total. The van der Waals surface area contributed by atoms with Crippen molar-refractivity contribution in [3.8, 4) is 22.4 Å². The Labute approximate surface area is 149 Å². The number of hydrogen-bond acceptors (Lipinski definition) is 1. The van der Waals surface area contributed by atoms with Crippen LogP contribution in [0.3, 0.4) is 0 Å². The van der Waals surface area contributed by atoms with Crippen molar-refractivity contribution in [3.63, 3.8) is 0 Å². The molecule has 8 heteroatoms. The second-order valence-corrected chi connectivity index (χ2v) is 5.70. The molecule has 0 saturated heterocycles. The lowest BCUT2D eigenvalue weighted by Gasteiger charge is -2.10. The molecule has 0 aliphatic heterocycles. The van der Waals surface area contributed by atoms with Gasteiger partial charge in [0.1, 0.15) is 11.5 Å². The SMILES string of the molecule is Fc1cc(-c2ccc(C(F)(F)F)cc2)cnc1-c1ccc(C(F)(F)F)cc1. The standard InChI is InChI=1S/C19H10F7N/c20-16-9-13(11-1-5-14(6-2-11)18(21,22)23)10-27-17(16)12-3-7-15(8-4-12)19(24,25)26/h1-10H. The van der Waals surface area contributed by atoms with E-state index < -0.39 is 29.3 Å². The van der Waals surface area contributed by atoms with Gasteiger partial charge in [-0.05, 0) is 35.9 Å². The Balaban J connectivity index is 1.90. The number of rotatable bonds is 2. The fourth-order valence-electron chi connectivity index (χ4n) is 2.48. The number of alkyl halides is 6. The van der Waals surface area contributed by atoms with E-state index in [4.69, 9.17) is 0 Å². The highest BCUT2D eigenvalue weighted by Crippen LogP contribution is 2.33. The van der Waals surface area contributed by atoms with Gasteiger partial charge in [0.05, 0.1) is 11.1 Å². The molecule has 0 saturated carbocycles. The quantitative estimate of drug-likeness (QED) is 0.454. The van der Waals surface area contributed by atoms with Crippen molar-refractivity contribution in [2.45, 2.75) is 12.4 Å². The summed E-state index contributed by atoms with van der Waals surface area (Å²) < 4.78 is 89.9. The third-order valence-electron chi connectivity index (χ3n) is 3.87. The van der Waals surface area contributed by atoms with Gasteiger partial charge < -0.3 is 0 Å². The summed E-state index contributed by atoms with van der Waals surface area (Å²) in [5.74, 6) is -0.799. The molecular formula is C19H10F7N. The van der Waals surface area contributed by atoms with Crippen molar-refractivity contribution in [1.82, 2.24) is 4.98 Å². The zero-order valence-corrected chi connectivity index (χ0v) is 13.4. The molecule has 0 bridgehead atoms. The highest BCUT2D eigenvalue weighted by molar-refractivity contribution is 5.67. The molecule has 0 atom stereocenters. The van der Waals surface area contributed by atoms with Crippen molar-refractivity contribution < 1.29 is 30.7 Å². The Morgan fingerprint density at radius 3 is 1.44 bits per heavy atom. The summed E-state index contributed by atoms with van der Waals surface area (Å²) in [6, 6.07) is 9.04. The van der Waals surface area contributed by atoms with Crippen LogP contribution in [0.25, 0.3) is 22.4 Å². The molecule has 140 valence electrons. The maximum Gasteiger partial charge on any atom is 0.416 e. The van der Waals surface area contributed by atoms with E-state index in [0.717, 1.165) is 42.5 Å². The lowest BCUT2D eigenvalue weighted by molar-refractivity contribution is -0.138. The second kappa shape index (κ2) is 6.68. The zero-order valence-electron chi connectivity index (χ0n) is 13.4. The maximum absolute atomic E-state index is 14.4. The van der Waals surface area contributed by atoms with Crippen LogP contribution in [0.1, 0.15) is 11.1 Å². The van der Waals surface area contributed by atoms with Gasteiger partial charge in [-0.2, -0.15) is 26.3 Å². The first-order valence-corrected chi connectivity index (χ1v) is 7.56. The summed E-state index contributed by atoms with van der Waals surface area (Å²) in [6.07, 6.45) is -7.73. The minimum atomic E-state index is -4.50. The third kappa shape index (κ3) is 4.10. The smallest absolute Gasteiger partial charge is 0.253 e. The van der Waals surface area contributed by atoms with Gasteiger partial charge in [0, 0.05) is 17.3 Å². The van der Waals surface area contributed by atoms with Crippen LogP contribution in [0.5, 0.6) is 0 Å². The molecule has 1 heterocycles. The van der Waals surface area contributed by atoms with Gasteiger partial charge in [0.2, 0.25) is 0 Å². The van der Waals surface area contributed by atoms with Crippen LogP contribution in [0.4, 0.5) is 30.7 Å². The Kier molecular flexibility index (Phi) is 4.67. The number of hydrogen-bond donors (Lipinski definition) is 0. The Morgan fingerprint density at radius 1 is 0.593 bits per heavy atom. The summed E-state index contributed by atoms with van der Waals surface area (Å²) in [4.78, 5) is 3.91. The van der Waals surface area contributed by atoms with E-state index in [1.165, 1.54) is 18.3 Å². The summed E-state index contributed by atoms with van der Waals surface area (Å²) in [5, 5.41) is 0. The van der Waals surface area contributed by atoms with Crippen molar-refractivity contribution in [1.29, 1.82) is 0 Å². The van der Waals surface area contributed by atoms with Gasteiger partial charge in [-0.3, -0.25) is 4.98 Å². The van der Waals surface area contributed by atoms with Gasteiger partial charge in [0.15, 0.2) is 0 Å². The molecule has 0 N–H and O–H groups in total. The van der Waals surface area contributed by atoms with Crippen molar-refractivity contribution >= 4 is 0 Å². The van der Waals surface area contributed by atoms with Crippen LogP contribution in [-0.2, 0) is 12.4 Å². The molecule has 0 amide bonds. The van der Waals surface area contributed by atoms with Crippen molar-refractivity contribution in [2.75, 3.05) is 0 Å². The predicted molar refractivity (Wildman–Crippen MR) is 85.1 cm³/mol. The lowest BCUT2D eigenvalue weighted by atomic mass is 10.0. The predicted octanol–water partition coefficient (Wildman–Crippen LogP) is 6.59. The first kappa shape index (κ1) is 18.9. The van der Waals surface area contributed by atoms with E-state index in [2.05, 4.69) is 4.98 Å². The molecule has 27 heavy (non-hydrogen) atoms. The van der Waals surface area contributed by atoms with Crippen molar-refractivity contribution in [3.05, 3.63) is 77.7 Å². The van der Waals surface area contributed by atoms with Crippen LogP contribution in [0.2, 0.25) is 0 Å². The molecule has 0 spiro atoms. The topological polar surface area (TPSA) is 12.9 Å². The van der Waals surface area contributed by atoms with E-state index in [1.807, 2.05) is 0 Å². The number of benzene rings is 2. The Bertz CT molecular complexity index is 940. The molecular weight excluding hydrogens is 375 g/mol. The second-order valence-electron chi connectivity index (χ2n) is 5.70. The first-order valence-electron chi connectivity index (χ1n) is 7.56. The summed E-state index contributed by atoms with van der Waals surface area (Å²) in [6.45, 7) is 0. The summed E-state index contributed by atoms with van der Waals surface area (Å²) >= 11 is 0.